The molecule has 7 aromatic rings. The Balaban J connectivity index is 1.60. The molecule has 0 amide bonds. The number of hydrogen-bond donors (Lipinski definition) is 0. The number of aryl methyl sites for hydroxylation is 2. The monoisotopic (exact) mass is 619 g/mol. The van der Waals surface area contributed by atoms with Gasteiger partial charge in [-0.1, -0.05) is 109 Å². The van der Waals surface area contributed by atoms with Crippen LogP contribution in [0.3, 0.4) is 0 Å². The number of nitroso groups, excluding NO2 is 1. The molecular weight excluding hydrogens is 594 g/mol. The van der Waals surface area contributed by atoms with Crippen LogP contribution >= 0.6 is 15.9 Å². The summed E-state index contributed by atoms with van der Waals surface area (Å²) in [6.45, 7) is 4.28. The molecule has 43 heavy (non-hydrogen) atoms. The van der Waals surface area contributed by atoms with E-state index in [2.05, 4.69) is 102 Å². The van der Waals surface area contributed by atoms with E-state index in [0.29, 0.717) is 0 Å². The maximum atomic E-state index is 13.8. The molecule has 1 aromatic heterocycles. The first-order valence-electron chi connectivity index (χ1n) is 14.4. The van der Waals surface area contributed by atoms with Gasteiger partial charge in [0.2, 0.25) is 0 Å². The van der Waals surface area contributed by atoms with Gasteiger partial charge in [-0.3, -0.25) is 0 Å². The van der Waals surface area contributed by atoms with E-state index in [4.69, 9.17) is 4.42 Å². The molecule has 0 fully saturated rings. The average molecular weight is 621 g/mol. The van der Waals surface area contributed by atoms with Crippen LogP contribution in [-0.2, 0) is 5.54 Å². The molecule has 0 bridgehead atoms. The van der Waals surface area contributed by atoms with Crippen LogP contribution in [-0.4, -0.2) is 0 Å². The third-order valence-corrected chi connectivity index (χ3v) is 9.62. The number of hydrogen-bond acceptors (Lipinski definition) is 3. The first kappa shape index (κ1) is 25.9. The number of furan rings is 1. The molecule has 0 N–H and O–H groups in total. The number of fused-ring (bicyclic) bond motifs is 7. The summed E-state index contributed by atoms with van der Waals surface area (Å²) in [5, 5.41) is 6.16. The Morgan fingerprint density at radius 1 is 0.628 bits per heavy atom. The van der Waals surface area contributed by atoms with Gasteiger partial charge in [0, 0.05) is 37.5 Å². The molecule has 206 valence electrons. The van der Waals surface area contributed by atoms with Gasteiger partial charge in [-0.05, 0) is 86.0 Å². The Kier molecular flexibility index (Phi) is 5.79. The smallest absolute Gasteiger partial charge is 0.179 e. The highest BCUT2D eigenvalue weighted by molar-refractivity contribution is 9.10. The minimum atomic E-state index is -1.31. The van der Waals surface area contributed by atoms with Crippen LogP contribution in [0.15, 0.2) is 135 Å². The second-order valence-electron chi connectivity index (χ2n) is 11.3. The highest BCUT2D eigenvalue weighted by Gasteiger charge is 2.50. The number of nitrogens with zero attached hydrogens (tertiary/aromatic N) is 1. The van der Waals surface area contributed by atoms with Gasteiger partial charge < -0.3 is 4.42 Å². The Morgan fingerprint density at radius 3 is 2.12 bits per heavy atom. The Morgan fingerprint density at radius 2 is 1.33 bits per heavy atom. The third-order valence-electron chi connectivity index (χ3n) is 9.00. The first-order chi connectivity index (χ1) is 21.0. The van der Waals surface area contributed by atoms with Gasteiger partial charge in [0.15, 0.2) is 5.54 Å². The largest absolute Gasteiger partial charge is 0.455 e. The van der Waals surface area contributed by atoms with Crippen molar-refractivity contribution in [2.45, 2.75) is 19.4 Å². The van der Waals surface area contributed by atoms with Gasteiger partial charge in [-0.2, -0.15) is 0 Å². The summed E-state index contributed by atoms with van der Waals surface area (Å²) in [6.07, 6.45) is 0. The number of rotatable bonds is 4. The van der Waals surface area contributed by atoms with E-state index >= 15 is 0 Å². The number of halogens is 1. The third kappa shape index (κ3) is 3.53. The molecule has 1 atom stereocenters. The van der Waals surface area contributed by atoms with E-state index < -0.39 is 5.54 Å². The summed E-state index contributed by atoms with van der Waals surface area (Å²) in [5.41, 5.74) is 11.2. The summed E-state index contributed by atoms with van der Waals surface area (Å²) >= 11 is 3.90. The molecule has 6 aromatic carbocycles. The van der Waals surface area contributed by atoms with Gasteiger partial charge in [0.1, 0.15) is 11.2 Å². The van der Waals surface area contributed by atoms with E-state index in [9.17, 15) is 4.91 Å². The van der Waals surface area contributed by atoms with E-state index in [1.807, 2.05) is 54.6 Å². The molecule has 0 radical (unpaired) electrons. The van der Waals surface area contributed by atoms with Crippen molar-refractivity contribution < 1.29 is 4.42 Å². The van der Waals surface area contributed by atoms with Gasteiger partial charge in [0.05, 0.1) is 0 Å². The topological polar surface area (TPSA) is 42.6 Å². The second kappa shape index (κ2) is 9.62. The van der Waals surface area contributed by atoms with Crippen LogP contribution < -0.4 is 0 Å². The molecule has 0 aliphatic heterocycles. The van der Waals surface area contributed by atoms with Crippen molar-refractivity contribution in [3.8, 4) is 33.4 Å². The van der Waals surface area contributed by atoms with Crippen molar-refractivity contribution >= 4 is 37.9 Å². The molecule has 0 saturated heterocycles. The molecule has 0 spiro atoms. The Hall–Kier alpha value is -4.80. The predicted molar refractivity (Wildman–Crippen MR) is 179 cm³/mol. The number of benzene rings is 6. The maximum absolute atomic E-state index is 13.8. The zero-order valence-electron chi connectivity index (χ0n) is 23.7. The van der Waals surface area contributed by atoms with Crippen LogP contribution in [0.25, 0.3) is 55.3 Å². The van der Waals surface area contributed by atoms with Crippen LogP contribution in [0.4, 0.5) is 0 Å². The molecule has 3 nitrogen and oxygen atoms in total. The minimum absolute atomic E-state index is 0.759. The molecular formula is C39H26BrNO2. The molecule has 4 heteroatoms. The lowest BCUT2D eigenvalue weighted by Gasteiger charge is -2.28. The normalized spacial score (nSPS) is 15.5. The van der Waals surface area contributed by atoms with Crippen molar-refractivity contribution in [3.63, 3.8) is 0 Å². The van der Waals surface area contributed by atoms with Crippen LogP contribution in [0, 0.1) is 18.8 Å². The van der Waals surface area contributed by atoms with Crippen LogP contribution in [0.2, 0.25) is 0 Å². The zero-order chi connectivity index (χ0) is 29.3. The summed E-state index contributed by atoms with van der Waals surface area (Å²) in [4.78, 5) is 13.8. The lowest BCUT2D eigenvalue weighted by atomic mass is 9.77. The second-order valence-corrected chi connectivity index (χ2v) is 12.1. The van der Waals surface area contributed by atoms with Crippen molar-refractivity contribution in [2.75, 3.05) is 0 Å². The predicted octanol–water partition coefficient (Wildman–Crippen LogP) is 11.3. The maximum Gasteiger partial charge on any atom is 0.179 e. The van der Waals surface area contributed by atoms with Crippen LogP contribution in [0.5, 0.6) is 0 Å². The number of para-hydroxylation sites is 1. The standard InChI is InChI=1S/C39H26BrNO2/c1-23-12-6-7-15-26(23)34-24(2)20-21-30-36(34)37-31(22-32(40)35-28-17-9-11-19-33(28)43-38(35)37)39(30,41-42)29-18-10-8-16-27(29)25-13-4-3-5-14-25/h3-22H,1-2H3. The molecule has 1 aliphatic rings. The lowest BCUT2D eigenvalue weighted by Crippen LogP contribution is -2.25. The van der Waals surface area contributed by atoms with Gasteiger partial charge in [0.25, 0.3) is 0 Å². The molecule has 1 unspecified atom stereocenters. The highest BCUT2D eigenvalue weighted by Crippen LogP contribution is 2.61. The van der Waals surface area contributed by atoms with Crippen molar-refractivity contribution in [3.05, 3.63) is 159 Å². The summed E-state index contributed by atoms with van der Waals surface area (Å²) in [5.74, 6) is 0. The van der Waals surface area contributed by atoms with Crippen molar-refractivity contribution in [1.29, 1.82) is 0 Å². The summed E-state index contributed by atoms with van der Waals surface area (Å²) < 4.78 is 7.58. The van der Waals surface area contributed by atoms with Gasteiger partial charge in [-0.25, -0.2) is 0 Å². The molecule has 0 saturated carbocycles. The quantitative estimate of drug-likeness (QED) is 0.184. The first-order valence-corrected chi connectivity index (χ1v) is 15.2. The van der Waals surface area contributed by atoms with Crippen molar-refractivity contribution in [2.24, 2.45) is 5.18 Å². The SMILES string of the molecule is Cc1ccccc1-c1c(C)ccc2c1-c1c(cc(Br)c3c1oc1ccccc13)C2(N=O)c1ccccc1-c1ccccc1. The molecule has 1 heterocycles. The lowest BCUT2D eigenvalue weighted by molar-refractivity contribution is 0.659. The summed E-state index contributed by atoms with van der Waals surface area (Å²) in [6, 6.07) is 41.2. The fourth-order valence-corrected chi connectivity index (χ4v) is 7.73. The minimum Gasteiger partial charge on any atom is -0.455 e. The molecule has 1 aliphatic carbocycles. The van der Waals surface area contributed by atoms with E-state index in [1.54, 1.807) is 0 Å². The van der Waals surface area contributed by atoms with E-state index in [-0.39, 0.29) is 0 Å². The van der Waals surface area contributed by atoms with Crippen LogP contribution in [0.1, 0.15) is 27.8 Å². The van der Waals surface area contributed by atoms with Crippen molar-refractivity contribution in [1.82, 2.24) is 0 Å². The Labute approximate surface area is 257 Å². The average Bonchev–Trinajstić information content (AvgIpc) is 3.56. The molecule has 8 rings (SSSR count). The highest BCUT2D eigenvalue weighted by atomic mass is 79.9. The fraction of sp³-hybridized carbons (Fsp3) is 0.0769. The fourth-order valence-electron chi connectivity index (χ4n) is 7.10. The van der Waals surface area contributed by atoms with Gasteiger partial charge in [-0.15, -0.1) is 4.91 Å². The van der Waals surface area contributed by atoms with Gasteiger partial charge >= 0.3 is 0 Å². The zero-order valence-corrected chi connectivity index (χ0v) is 25.3. The van der Waals surface area contributed by atoms with E-state index in [0.717, 1.165) is 82.0 Å². The Bertz CT molecular complexity index is 2250. The van der Waals surface area contributed by atoms with E-state index in [1.165, 1.54) is 5.56 Å². The summed E-state index contributed by atoms with van der Waals surface area (Å²) in [7, 11) is 0.